The van der Waals surface area contributed by atoms with Crippen molar-refractivity contribution >= 4 is 11.7 Å². The fourth-order valence-electron chi connectivity index (χ4n) is 1.56. The first-order chi connectivity index (χ1) is 9.58. The summed E-state index contributed by atoms with van der Waals surface area (Å²) in [5.41, 5.74) is 0.0991. The van der Waals surface area contributed by atoms with Gasteiger partial charge in [0.25, 0.3) is 11.7 Å². The Morgan fingerprint density at radius 3 is 2.70 bits per heavy atom. The summed E-state index contributed by atoms with van der Waals surface area (Å²) in [6, 6.07) is 5.76. The number of nitrogens with one attached hydrogen (secondary N) is 1. The third-order valence-corrected chi connectivity index (χ3v) is 2.56. The number of hydrogen-bond acceptors (Lipinski definition) is 3. The molecule has 0 atom stereocenters. The average Bonchev–Trinajstić information content (AvgIpc) is 2.47. The van der Waals surface area contributed by atoms with E-state index in [1.165, 1.54) is 6.20 Å². The summed E-state index contributed by atoms with van der Waals surface area (Å²) < 4.78 is 26.3. The van der Waals surface area contributed by atoms with Crippen LogP contribution in [0.2, 0.25) is 0 Å². The van der Waals surface area contributed by atoms with Crippen LogP contribution >= 0.6 is 0 Å². The van der Waals surface area contributed by atoms with Crippen LogP contribution in [0.4, 0.5) is 8.78 Å². The standard InChI is InChI=1S/C14H10F2N2O2/c15-10-3-4-12(16)11(6-10)13(19)14(20)18-8-9-2-1-5-17-7-9/h1-7H,8H2,(H,18,20). The van der Waals surface area contributed by atoms with Crippen LogP contribution in [0.1, 0.15) is 15.9 Å². The monoisotopic (exact) mass is 276 g/mol. The molecule has 2 aromatic rings. The van der Waals surface area contributed by atoms with E-state index in [4.69, 9.17) is 0 Å². The Labute approximate surface area is 113 Å². The lowest BCUT2D eigenvalue weighted by Crippen LogP contribution is -2.31. The van der Waals surface area contributed by atoms with Gasteiger partial charge in [-0.3, -0.25) is 14.6 Å². The van der Waals surface area contributed by atoms with Crippen LogP contribution < -0.4 is 5.32 Å². The molecule has 102 valence electrons. The Morgan fingerprint density at radius 1 is 1.20 bits per heavy atom. The summed E-state index contributed by atoms with van der Waals surface area (Å²) in [6.45, 7) is 0.0787. The van der Waals surface area contributed by atoms with Crippen molar-refractivity contribution in [1.29, 1.82) is 0 Å². The third-order valence-electron chi connectivity index (χ3n) is 2.56. The molecule has 2 rings (SSSR count). The number of rotatable bonds is 4. The summed E-state index contributed by atoms with van der Waals surface area (Å²) in [6.07, 6.45) is 3.09. The fraction of sp³-hybridized carbons (Fsp3) is 0.0714. The normalized spacial score (nSPS) is 10.1. The number of Topliss-reactive ketones (excluding diaryl/α,β-unsaturated/α-hetero) is 1. The quantitative estimate of drug-likeness (QED) is 0.685. The van der Waals surface area contributed by atoms with Gasteiger partial charge in [-0.15, -0.1) is 0 Å². The van der Waals surface area contributed by atoms with E-state index in [9.17, 15) is 18.4 Å². The highest BCUT2D eigenvalue weighted by Crippen LogP contribution is 2.10. The number of pyridine rings is 1. The molecule has 1 aromatic heterocycles. The first-order valence-electron chi connectivity index (χ1n) is 5.74. The van der Waals surface area contributed by atoms with Crippen LogP contribution in [-0.4, -0.2) is 16.7 Å². The summed E-state index contributed by atoms with van der Waals surface area (Å²) in [7, 11) is 0. The maximum Gasteiger partial charge on any atom is 0.292 e. The Balaban J connectivity index is 2.06. The van der Waals surface area contributed by atoms with E-state index in [1.807, 2.05) is 0 Å². The molecule has 6 heteroatoms. The van der Waals surface area contributed by atoms with E-state index in [2.05, 4.69) is 10.3 Å². The fourth-order valence-corrected chi connectivity index (χ4v) is 1.56. The smallest absolute Gasteiger partial charge is 0.292 e. The molecule has 0 saturated heterocycles. The van der Waals surface area contributed by atoms with Gasteiger partial charge in [0.15, 0.2) is 0 Å². The van der Waals surface area contributed by atoms with Crippen molar-refractivity contribution in [3.8, 4) is 0 Å². The van der Waals surface area contributed by atoms with Gasteiger partial charge in [-0.1, -0.05) is 6.07 Å². The van der Waals surface area contributed by atoms with Crippen LogP contribution in [-0.2, 0) is 11.3 Å². The highest BCUT2D eigenvalue weighted by molar-refractivity contribution is 6.42. The number of nitrogens with zero attached hydrogens (tertiary/aromatic N) is 1. The van der Waals surface area contributed by atoms with Crippen molar-refractivity contribution < 1.29 is 18.4 Å². The van der Waals surface area contributed by atoms with E-state index in [1.54, 1.807) is 18.3 Å². The van der Waals surface area contributed by atoms with Crippen LogP contribution in [0.3, 0.4) is 0 Å². The summed E-state index contributed by atoms with van der Waals surface area (Å²) >= 11 is 0. The van der Waals surface area contributed by atoms with Gasteiger partial charge in [-0.05, 0) is 29.8 Å². The van der Waals surface area contributed by atoms with E-state index < -0.39 is 28.9 Å². The van der Waals surface area contributed by atoms with E-state index in [-0.39, 0.29) is 6.54 Å². The van der Waals surface area contributed by atoms with Gasteiger partial charge < -0.3 is 5.32 Å². The highest BCUT2D eigenvalue weighted by atomic mass is 19.1. The minimum absolute atomic E-state index is 0.0787. The zero-order valence-electron chi connectivity index (χ0n) is 10.3. The number of carbonyl (C=O) groups excluding carboxylic acids is 2. The van der Waals surface area contributed by atoms with Crippen molar-refractivity contribution in [2.75, 3.05) is 0 Å². The predicted octanol–water partition coefficient (Wildman–Crippen LogP) is 1.86. The van der Waals surface area contributed by atoms with Crippen molar-refractivity contribution in [1.82, 2.24) is 10.3 Å². The number of hydrogen-bond donors (Lipinski definition) is 1. The van der Waals surface area contributed by atoms with Crippen molar-refractivity contribution in [2.24, 2.45) is 0 Å². The molecule has 0 bridgehead atoms. The van der Waals surface area contributed by atoms with Crippen molar-refractivity contribution in [2.45, 2.75) is 6.54 Å². The Hall–Kier alpha value is -2.63. The van der Waals surface area contributed by atoms with Crippen molar-refractivity contribution in [3.63, 3.8) is 0 Å². The molecule has 0 fully saturated rings. The first-order valence-corrected chi connectivity index (χ1v) is 5.74. The number of carbonyl (C=O) groups is 2. The Bertz CT molecular complexity index is 645. The zero-order valence-corrected chi connectivity index (χ0v) is 10.3. The largest absolute Gasteiger partial charge is 0.345 e. The highest BCUT2D eigenvalue weighted by Gasteiger charge is 2.20. The number of halogens is 2. The Morgan fingerprint density at radius 2 is 2.00 bits per heavy atom. The van der Waals surface area contributed by atoms with E-state index in [0.29, 0.717) is 11.6 Å². The topological polar surface area (TPSA) is 59.1 Å². The molecular formula is C14H10F2N2O2. The van der Waals surface area contributed by atoms with Crippen LogP contribution in [0, 0.1) is 11.6 Å². The second-order valence-corrected chi connectivity index (χ2v) is 4.00. The lowest BCUT2D eigenvalue weighted by molar-refractivity contribution is -0.117. The van der Waals surface area contributed by atoms with Crippen LogP contribution in [0.5, 0.6) is 0 Å². The van der Waals surface area contributed by atoms with Crippen molar-refractivity contribution in [3.05, 3.63) is 65.5 Å². The van der Waals surface area contributed by atoms with Gasteiger partial charge in [-0.25, -0.2) is 8.78 Å². The molecule has 20 heavy (non-hydrogen) atoms. The second-order valence-electron chi connectivity index (χ2n) is 4.00. The molecule has 0 unspecified atom stereocenters. The van der Waals surface area contributed by atoms with E-state index in [0.717, 1.165) is 12.1 Å². The molecule has 0 aliphatic heterocycles. The summed E-state index contributed by atoms with van der Waals surface area (Å²) in [4.78, 5) is 27.2. The molecule has 1 aromatic carbocycles. The van der Waals surface area contributed by atoms with Gasteiger partial charge in [0, 0.05) is 18.9 Å². The van der Waals surface area contributed by atoms with Crippen LogP contribution in [0.25, 0.3) is 0 Å². The maximum absolute atomic E-state index is 13.4. The predicted molar refractivity (Wildman–Crippen MR) is 66.8 cm³/mol. The number of benzene rings is 1. The molecule has 1 N–H and O–H groups in total. The second kappa shape index (κ2) is 6.01. The third kappa shape index (κ3) is 3.23. The molecule has 0 aliphatic rings. The number of amides is 1. The van der Waals surface area contributed by atoms with Gasteiger partial charge in [-0.2, -0.15) is 0 Å². The SMILES string of the molecule is O=C(NCc1cccnc1)C(=O)c1cc(F)ccc1F. The average molecular weight is 276 g/mol. The number of ketones is 1. The molecule has 1 heterocycles. The first kappa shape index (κ1) is 13.8. The van der Waals surface area contributed by atoms with Gasteiger partial charge in [0.1, 0.15) is 11.6 Å². The molecule has 1 amide bonds. The molecule has 4 nitrogen and oxygen atoms in total. The van der Waals surface area contributed by atoms with Gasteiger partial charge >= 0.3 is 0 Å². The zero-order chi connectivity index (χ0) is 14.5. The molecule has 0 spiro atoms. The minimum Gasteiger partial charge on any atom is -0.345 e. The van der Waals surface area contributed by atoms with E-state index >= 15 is 0 Å². The lowest BCUT2D eigenvalue weighted by atomic mass is 10.1. The maximum atomic E-state index is 13.4. The summed E-state index contributed by atoms with van der Waals surface area (Å²) in [5, 5.41) is 2.33. The summed E-state index contributed by atoms with van der Waals surface area (Å²) in [5.74, 6) is -3.84. The minimum atomic E-state index is -1.12. The molecule has 0 saturated carbocycles. The van der Waals surface area contributed by atoms with Crippen LogP contribution in [0.15, 0.2) is 42.7 Å². The lowest BCUT2D eigenvalue weighted by Gasteiger charge is -2.05. The van der Waals surface area contributed by atoms with Gasteiger partial charge in [0.2, 0.25) is 0 Å². The Kier molecular flexibility index (Phi) is 4.14. The molecular weight excluding hydrogens is 266 g/mol. The molecule has 0 aliphatic carbocycles. The molecule has 0 radical (unpaired) electrons. The van der Waals surface area contributed by atoms with Gasteiger partial charge in [0.05, 0.1) is 5.56 Å². The number of aromatic nitrogens is 1.